The molecule has 0 radical (unpaired) electrons. The molecule has 2 atom stereocenters. The summed E-state index contributed by atoms with van der Waals surface area (Å²) in [6, 6.07) is 0. The second-order valence-corrected chi connectivity index (χ2v) is 5.99. The van der Waals surface area contributed by atoms with Crippen LogP contribution in [0.3, 0.4) is 0 Å². The number of carbonyl (C=O) groups excluding carboxylic acids is 1. The van der Waals surface area contributed by atoms with Gasteiger partial charge in [-0.2, -0.15) is 0 Å². The van der Waals surface area contributed by atoms with Crippen molar-refractivity contribution in [1.82, 2.24) is 0 Å². The zero-order valence-electron chi connectivity index (χ0n) is 10.1. The van der Waals surface area contributed by atoms with E-state index in [1.807, 2.05) is 6.08 Å². The zero-order chi connectivity index (χ0) is 11.2. The summed E-state index contributed by atoms with van der Waals surface area (Å²) in [6.07, 6.45) is 12.8. The van der Waals surface area contributed by atoms with E-state index < -0.39 is 0 Å². The van der Waals surface area contributed by atoms with Crippen LogP contribution in [0.15, 0.2) is 23.3 Å². The quantitative estimate of drug-likeness (QED) is 0.602. The van der Waals surface area contributed by atoms with Crippen molar-refractivity contribution in [3.8, 4) is 0 Å². The Morgan fingerprint density at radius 1 is 1.25 bits per heavy atom. The summed E-state index contributed by atoms with van der Waals surface area (Å²) in [5.41, 5.74) is 3.42. The summed E-state index contributed by atoms with van der Waals surface area (Å²) >= 11 is 0. The van der Waals surface area contributed by atoms with Crippen molar-refractivity contribution >= 4 is 5.78 Å². The lowest BCUT2D eigenvalue weighted by Gasteiger charge is -2.44. The Morgan fingerprint density at radius 3 is 3.00 bits per heavy atom. The van der Waals surface area contributed by atoms with Gasteiger partial charge in [0, 0.05) is 6.42 Å². The van der Waals surface area contributed by atoms with Crippen LogP contribution in [0.5, 0.6) is 0 Å². The number of fused-ring (bicyclic) bond motifs is 2. The molecule has 16 heavy (non-hydrogen) atoms. The highest BCUT2D eigenvalue weighted by atomic mass is 16.1. The van der Waals surface area contributed by atoms with Gasteiger partial charge in [0.05, 0.1) is 0 Å². The van der Waals surface area contributed by atoms with Crippen LogP contribution >= 0.6 is 0 Å². The van der Waals surface area contributed by atoms with Crippen LogP contribution in [-0.2, 0) is 4.79 Å². The van der Waals surface area contributed by atoms with Crippen molar-refractivity contribution in [2.24, 2.45) is 11.3 Å². The molecule has 0 heterocycles. The van der Waals surface area contributed by atoms with E-state index in [-0.39, 0.29) is 0 Å². The summed E-state index contributed by atoms with van der Waals surface area (Å²) in [7, 11) is 0. The molecule has 1 nitrogen and oxygen atoms in total. The van der Waals surface area contributed by atoms with Crippen LogP contribution in [0, 0.1) is 11.3 Å². The monoisotopic (exact) mass is 216 g/mol. The van der Waals surface area contributed by atoms with Gasteiger partial charge in [0.1, 0.15) is 0 Å². The lowest BCUT2D eigenvalue weighted by Crippen LogP contribution is -2.32. The molecule has 86 valence electrons. The predicted molar refractivity (Wildman–Crippen MR) is 65.1 cm³/mol. The van der Waals surface area contributed by atoms with Gasteiger partial charge in [-0.1, -0.05) is 25.0 Å². The highest BCUT2D eigenvalue weighted by Gasteiger charge is 2.39. The number of hydrogen-bond acceptors (Lipinski definition) is 1. The summed E-state index contributed by atoms with van der Waals surface area (Å²) in [6.45, 7) is 2.44. The van der Waals surface area contributed by atoms with Crippen LogP contribution < -0.4 is 0 Å². The third-order valence-electron chi connectivity index (χ3n) is 4.78. The van der Waals surface area contributed by atoms with Crippen molar-refractivity contribution in [3.63, 3.8) is 0 Å². The smallest absolute Gasteiger partial charge is 0.155 e. The number of ketones is 1. The number of allylic oxidation sites excluding steroid dienone is 4. The van der Waals surface area contributed by atoms with E-state index in [4.69, 9.17) is 0 Å². The SMILES string of the molecule is C[C@]12CCCCC1=CC1=CC(=O)CC[C@H]1C2. The van der Waals surface area contributed by atoms with Gasteiger partial charge in [0.15, 0.2) is 5.78 Å². The Hall–Kier alpha value is -0.850. The predicted octanol–water partition coefficient (Wildman–Crippen LogP) is 3.80. The standard InChI is InChI=1S/C15H20O/c1-15-7-3-2-4-13(15)8-12-9-14(16)6-5-11(12)10-15/h8-9,11H,2-7,10H2,1H3/t11-,15+/m0/s1. The third kappa shape index (κ3) is 1.57. The van der Waals surface area contributed by atoms with Crippen LogP contribution in [0.25, 0.3) is 0 Å². The molecule has 3 rings (SSSR count). The van der Waals surface area contributed by atoms with Gasteiger partial charge in [-0.05, 0) is 55.1 Å². The highest BCUT2D eigenvalue weighted by Crippen LogP contribution is 2.51. The molecule has 0 aromatic carbocycles. The van der Waals surface area contributed by atoms with Gasteiger partial charge >= 0.3 is 0 Å². The molecule has 0 bridgehead atoms. The van der Waals surface area contributed by atoms with Crippen LogP contribution in [-0.4, -0.2) is 5.78 Å². The Bertz CT molecular complexity index is 388. The molecule has 0 spiro atoms. The van der Waals surface area contributed by atoms with E-state index in [9.17, 15) is 4.79 Å². The summed E-state index contributed by atoms with van der Waals surface area (Å²) < 4.78 is 0. The number of rotatable bonds is 0. The molecular formula is C15H20O. The highest BCUT2D eigenvalue weighted by molar-refractivity contribution is 5.92. The molecule has 0 saturated heterocycles. The van der Waals surface area contributed by atoms with E-state index in [1.165, 1.54) is 37.7 Å². The fourth-order valence-corrected chi connectivity index (χ4v) is 3.76. The average molecular weight is 216 g/mol. The van der Waals surface area contributed by atoms with E-state index in [0.29, 0.717) is 17.1 Å². The minimum atomic E-state index is 0.336. The van der Waals surface area contributed by atoms with E-state index in [1.54, 1.807) is 5.57 Å². The molecule has 0 aromatic rings. The molecule has 0 amide bonds. The maximum atomic E-state index is 11.5. The van der Waals surface area contributed by atoms with Crippen molar-refractivity contribution < 1.29 is 4.79 Å². The lowest BCUT2D eigenvalue weighted by atomic mass is 9.61. The molecule has 0 aliphatic heterocycles. The second kappa shape index (κ2) is 3.58. The van der Waals surface area contributed by atoms with Crippen molar-refractivity contribution in [1.29, 1.82) is 0 Å². The third-order valence-corrected chi connectivity index (χ3v) is 4.78. The minimum Gasteiger partial charge on any atom is -0.295 e. The largest absolute Gasteiger partial charge is 0.295 e. The van der Waals surface area contributed by atoms with E-state index in [2.05, 4.69) is 13.0 Å². The van der Waals surface area contributed by atoms with Crippen molar-refractivity contribution in [2.75, 3.05) is 0 Å². The Kier molecular flexibility index (Phi) is 2.31. The molecule has 3 aliphatic rings. The second-order valence-electron chi connectivity index (χ2n) is 5.99. The Morgan fingerprint density at radius 2 is 2.12 bits per heavy atom. The first-order valence-corrected chi connectivity index (χ1v) is 6.63. The zero-order valence-corrected chi connectivity index (χ0v) is 10.1. The summed E-state index contributed by atoms with van der Waals surface area (Å²) in [4.78, 5) is 11.5. The van der Waals surface area contributed by atoms with Gasteiger partial charge in [0.25, 0.3) is 0 Å². The maximum absolute atomic E-state index is 11.5. The van der Waals surface area contributed by atoms with Gasteiger partial charge in [-0.15, -0.1) is 0 Å². The van der Waals surface area contributed by atoms with Crippen LogP contribution in [0.1, 0.15) is 51.9 Å². The Balaban J connectivity index is 1.99. The molecule has 0 N–H and O–H groups in total. The average Bonchev–Trinajstić information content (AvgIpc) is 2.26. The number of carbonyl (C=O) groups is 1. The van der Waals surface area contributed by atoms with E-state index >= 15 is 0 Å². The first-order valence-electron chi connectivity index (χ1n) is 6.63. The van der Waals surface area contributed by atoms with Crippen molar-refractivity contribution in [2.45, 2.75) is 51.9 Å². The van der Waals surface area contributed by atoms with Gasteiger partial charge < -0.3 is 0 Å². The lowest BCUT2D eigenvalue weighted by molar-refractivity contribution is -0.115. The fraction of sp³-hybridized carbons (Fsp3) is 0.667. The number of hydrogen-bond donors (Lipinski definition) is 0. The molecule has 3 aliphatic carbocycles. The molecule has 1 fully saturated rings. The van der Waals surface area contributed by atoms with Gasteiger partial charge in [0.2, 0.25) is 0 Å². The van der Waals surface area contributed by atoms with Crippen LogP contribution in [0.4, 0.5) is 0 Å². The van der Waals surface area contributed by atoms with Crippen LogP contribution in [0.2, 0.25) is 0 Å². The maximum Gasteiger partial charge on any atom is 0.155 e. The van der Waals surface area contributed by atoms with Gasteiger partial charge in [-0.25, -0.2) is 0 Å². The first-order chi connectivity index (χ1) is 7.67. The van der Waals surface area contributed by atoms with Crippen molar-refractivity contribution in [3.05, 3.63) is 23.3 Å². The van der Waals surface area contributed by atoms with E-state index in [0.717, 1.165) is 12.8 Å². The first kappa shape index (κ1) is 10.3. The van der Waals surface area contributed by atoms with Gasteiger partial charge in [-0.3, -0.25) is 4.79 Å². The molecular weight excluding hydrogens is 196 g/mol. The topological polar surface area (TPSA) is 17.1 Å². The minimum absolute atomic E-state index is 0.336. The summed E-state index contributed by atoms with van der Waals surface area (Å²) in [5, 5.41) is 0. The fourth-order valence-electron chi connectivity index (χ4n) is 3.76. The Labute approximate surface area is 97.6 Å². The summed E-state index contributed by atoms with van der Waals surface area (Å²) in [5.74, 6) is 1.01. The molecule has 0 aromatic heterocycles. The normalized spacial score (nSPS) is 38.3. The molecule has 1 heteroatoms. The molecule has 0 unspecified atom stereocenters. The molecule has 1 saturated carbocycles.